The first-order valence-electron chi connectivity index (χ1n) is 23.9. The van der Waals surface area contributed by atoms with Gasteiger partial charge in [-0.2, -0.15) is 0 Å². The Morgan fingerprint density at radius 1 is 0.806 bits per heavy atom. The average Bonchev–Trinajstić information content (AvgIpc) is 3.54. The molecule has 2 amide bonds. The van der Waals surface area contributed by atoms with Crippen molar-refractivity contribution in [1.82, 2.24) is 9.80 Å². The number of ether oxygens (including phenoxy) is 8. The van der Waals surface area contributed by atoms with Gasteiger partial charge in [0, 0.05) is 45.1 Å². The number of fused-ring (bicyclic) bond motifs is 1. The second-order valence-electron chi connectivity index (χ2n) is 18.9. The fourth-order valence-corrected chi connectivity index (χ4v) is 9.83. The van der Waals surface area contributed by atoms with Gasteiger partial charge in [-0.3, -0.25) is 24.1 Å². The van der Waals surface area contributed by atoms with Crippen LogP contribution in [0.1, 0.15) is 101 Å². The molecule has 67 heavy (non-hydrogen) atoms. The van der Waals surface area contributed by atoms with E-state index in [1.165, 1.54) is 25.2 Å². The molecule has 0 aliphatic carbocycles. The number of carbonyl (C=O) groups is 4. The molecule has 0 aromatic heterocycles. The molecular formula is C50H76N2O15. The van der Waals surface area contributed by atoms with E-state index in [1.54, 1.807) is 58.0 Å². The Labute approximate surface area is 396 Å². The highest BCUT2D eigenvalue weighted by Gasteiger charge is 2.49. The van der Waals surface area contributed by atoms with Crippen molar-refractivity contribution in [2.24, 2.45) is 23.7 Å². The van der Waals surface area contributed by atoms with Crippen molar-refractivity contribution >= 4 is 23.6 Å². The highest BCUT2D eigenvalue weighted by molar-refractivity contribution is 6.21. The lowest BCUT2D eigenvalue weighted by Crippen LogP contribution is -2.64. The molecule has 17 nitrogen and oxygen atoms in total. The SMILES string of the molecule is CCCO[C@H]1[C@H](O[C@H]2[C@@H](CCN3C(=O)c4ccccc4C3=O)C[C@@H](C)C(=O)/C=C/C(C)=C/[C@H](CO[C@@H]3O[C@H](C)[C@@H](O)[C@@H](OC)[C@H]3OC)[C@@H](CC)OC(=O)C[C@@H](O)[C@@H]2C)O[C@H](C)[C@@H](O)[C@@H]1N(C)C. The summed E-state index contributed by atoms with van der Waals surface area (Å²) in [7, 11) is 6.61. The minimum Gasteiger partial charge on any atom is -0.462 e. The normalized spacial score (nSPS) is 38.4. The first kappa shape index (κ1) is 54.5. The summed E-state index contributed by atoms with van der Waals surface area (Å²) in [6.07, 6.45) is -4.48. The van der Waals surface area contributed by atoms with E-state index >= 15 is 0 Å². The number of esters is 1. The molecular weight excluding hydrogens is 869 g/mol. The summed E-state index contributed by atoms with van der Waals surface area (Å²) in [4.78, 5) is 58.4. The Kier molecular flexibility index (Phi) is 20.2. The molecule has 17 heteroatoms. The van der Waals surface area contributed by atoms with Gasteiger partial charge in [0.25, 0.3) is 11.8 Å². The molecule has 3 N–H and O–H groups in total. The van der Waals surface area contributed by atoms with E-state index in [2.05, 4.69) is 0 Å². The van der Waals surface area contributed by atoms with E-state index in [4.69, 9.17) is 37.9 Å². The summed E-state index contributed by atoms with van der Waals surface area (Å²) in [6, 6.07) is 6.09. The Morgan fingerprint density at radius 3 is 2.03 bits per heavy atom. The molecule has 0 unspecified atom stereocenters. The standard InChI is InChI=1S/C50H76N2O15/c1-12-22-62-44-40(51(8)9)41(56)30(6)65-50(44)67-43-29(5)37(54)25-39(55)66-38(13-2)33(26-63-49-46(61-11)45(60-10)42(57)31(7)64-49)23-27(3)18-19-36(53)28(4)24-32(43)20-21-52-47(58)34-16-14-15-17-35(34)48(52)59/h14-19,23,28-33,37-38,40-46,49-50,54,56-57H,12-13,20-22,24-26H2,1-11H3/b19-18+,27-23+/t28-,29+,30-,31-,32+,33-,37-,38-,40+,41-,42-,43-,44-,45-,46-,49-,50+/m1/s1. The van der Waals surface area contributed by atoms with Gasteiger partial charge < -0.3 is 58.1 Å². The molecule has 2 saturated heterocycles. The van der Waals surface area contributed by atoms with Crippen molar-refractivity contribution in [3.63, 3.8) is 0 Å². The summed E-state index contributed by atoms with van der Waals surface area (Å²) in [5.74, 6) is -4.29. The molecule has 0 saturated carbocycles. The molecule has 4 aliphatic heterocycles. The Balaban J connectivity index is 1.51. The molecule has 0 radical (unpaired) electrons. The van der Waals surface area contributed by atoms with E-state index in [-0.39, 0.29) is 31.8 Å². The van der Waals surface area contributed by atoms with Crippen molar-refractivity contribution in [3.05, 3.63) is 59.2 Å². The highest BCUT2D eigenvalue weighted by atomic mass is 16.7. The molecule has 0 spiro atoms. The number of methoxy groups -OCH3 is 2. The number of amides is 2. The topological polar surface area (TPSA) is 209 Å². The van der Waals surface area contributed by atoms with Crippen molar-refractivity contribution in [3.8, 4) is 0 Å². The monoisotopic (exact) mass is 945 g/mol. The molecule has 376 valence electrons. The van der Waals surface area contributed by atoms with Gasteiger partial charge in [-0.1, -0.05) is 57.6 Å². The minimum atomic E-state index is -1.34. The van der Waals surface area contributed by atoms with Crippen molar-refractivity contribution in [2.45, 2.75) is 160 Å². The van der Waals surface area contributed by atoms with Crippen LogP contribution in [0.3, 0.4) is 0 Å². The maximum atomic E-state index is 14.1. The van der Waals surface area contributed by atoms with Crippen LogP contribution >= 0.6 is 0 Å². The van der Waals surface area contributed by atoms with Gasteiger partial charge in [0.05, 0.1) is 60.7 Å². The maximum absolute atomic E-state index is 14.1. The zero-order valence-corrected chi connectivity index (χ0v) is 41.1. The van der Waals surface area contributed by atoms with E-state index < -0.39 is 128 Å². The summed E-state index contributed by atoms with van der Waals surface area (Å²) < 4.78 is 49.5. The second kappa shape index (κ2) is 24.9. The van der Waals surface area contributed by atoms with Gasteiger partial charge in [0.15, 0.2) is 18.4 Å². The van der Waals surface area contributed by atoms with Crippen LogP contribution in [0.2, 0.25) is 0 Å². The van der Waals surface area contributed by atoms with E-state index in [0.29, 0.717) is 36.1 Å². The average molecular weight is 945 g/mol. The number of hydrogen-bond acceptors (Lipinski definition) is 16. The Bertz CT molecular complexity index is 1840. The van der Waals surface area contributed by atoms with Crippen LogP contribution < -0.4 is 0 Å². The van der Waals surface area contributed by atoms with Gasteiger partial charge in [-0.15, -0.1) is 0 Å². The molecule has 4 heterocycles. The summed E-state index contributed by atoms with van der Waals surface area (Å²) in [6.45, 7) is 13.0. The van der Waals surface area contributed by atoms with Gasteiger partial charge >= 0.3 is 5.97 Å². The third kappa shape index (κ3) is 13.0. The maximum Gasteiger partial charge on any atom is 0.308 e. The number of imide groups is 1. The number of rotatable bonds is 15. The first-order chi connectivity index (χ1) is 31.9. The lowest BCUT2D eigenvalue weighted by molar-refractivity contribution is -0.312. The molecule has 1 aromatic carbocycles. The van der Waals surface area contributed by atoms with Gasteiger partial charge in [-0.05, 0) is 84.7 Å². The molecule has 17 atom stereocenters. The lowest BCUT2D eigenvalue weighted by atomic mass is 9.79. The Morgan fingerprint density at radius 2 is 1.43 bits per heavy atom. The summed E-state index contributed by atoms with van der Waals surface area (Å²) in [5.41, 5.74) is 1.31. The number of ketones is 1. The Hall–Kier alpha value is -3.46. The number of cyclic esters (lactones) is 1. The van der Waals surface area contributed by atoms with E-state index in [9.17, 15) is 34.5 Å². The zero-order chi connectivity index (χ0) is 49.3. The van der Waals surface area contributed by atoms with Gasteiger partial charge in [-0.25, -0.2) is 0 Å². The summed E-state index contributed by atoms with van der Waals surface area (Å²) in [5, 5.41) is 34.2. The highest BCUT2D eigenvalue weighted by Crippen LogP contribution is 2.37. The molecule has 5 rings (SSSR count). The number of benzene rings is 1. The third-order valence-corrected chi connectivity index (χ3v) is 13.8. The number of hydrogen-bond donors (Lipinski definition) is 3. The number of aliphatic hydroxyl groups is 3. The van der Waals surface area contributed by atoms with Crippen LogP contribution in [0.15, 0.2) is 48.1 Å². The number of aliphatic hydroxyl groups excluding tert-OH is 3. The minimum absolute atomic E-state index is 0.00152. The number of nitrogens with zero attached hydrogens (tertiary/aromatic N) is 2. The van der Waals surface area contributed by atoms with Gasteiger partial charge in [0.1, 0.15) is 30.5 Å². The van der Waals surface area contributed by atoms with Crippen LogP contribution in [-0.2, 0) is 47.5 Å². The van der Waals surface area contributed by atoms with Crippen LogP contribution in [0.4, 0.5) is 0 Å². The molecule has 0 bridgehead atoms. The smallest absolute Gasteiger partial charge is 0.308 e. The van der Waals surface area contributed by atoms with Gasteiger partial charge in [0.2, 0.25) is 0 Å². The first-order valence-corrected chi connectivity index (χ1v) is 23.9. The number of likely N-dealkylation sites (N-methyl/N-ethyl adjacent to an activating group) is 1. The molecule has 4 aliphatic rings. The zero-order valence-electron chi connectivity index (χ0n) is 41.1. The predicted molar refractivity (Wildman–Crippen MR) is 246 cm³/mol. The molecule has 2 fully saturated rings. The predicted octanol–water partition coefficient (Wildman–Crippen LogP) is 4.09. The van der Waals surface area contributed by atoms with Crippen LogP contribution in [0.25, 0.3) is 0 Å². The van der Waals surface area contributed by atoms with Crippen LogP contribution in [0.5, 0.6) is 0 Å². The number of carbonyl (C=O) groups excluding carboxylic acids is 4. The van der Waals surface area contributed by atoms with Crippen molar-refractivity contribution in [2.75, 3.05) is 48.1 Å². The van der Waals surface area contributed by atoms with Crippen LogP contribution in [0, 0.1) is 23.7 Å². The fourth-order valence-electron chi connectivity index (χ4n) is 9.83. The third-order valence-electron chi connectivity index (χ3n) is 13.8. The van der Waals surface area contributed by atoms with Crippen molar-refractivity contribution < 1.29 is 72.4 Å². The van der Waals surface area contributed by atoms with E-state index in [1.807, 2.05) is 45.8 Å². The van der Waals surface area contributed by atoms with E-state index in [0.717, 1.165) is 0 Å². The largest absolute Gasteiger partial charge is 0.462 e. The van der Waals surface area contributed by atoms with Crippen molar-refractivity contribution in [1.29, 1.82) is 0 Å². The number of allylic oxidation sites excluding steroid dienone is 3. The molecule has 1 aromatic rings. The quantitative estimate of drug-likeness (QED) is 0.167. The lowest BCUT2D eigenvalue weighted by Gasteiger charge is -2.48. The summed E-state index contributed by atoms with van der Waals surface area (Å²) >= 11 is 0. The fraction of sp³-hybridized carbons (Fsp3) is 0.720. The second-order valence-corrected chi connectivity index (χ2v) is 18.9. The van der Waals surface area contributed by atoms with Crippen LogP contribution in [-0.4, -0.2) is 176 Å².